The second-order valence-corrected chi connectivity index (χ2v) is 6.95. The van der Waals surface area contributed by atoms with Crippen LogP contribution in [0.4, 0.5) is 0 Å². The predicted molar refractivity (Wildman–Crippen MR) is 101 cm³/mol. The SMILES string of the molecule is COCCn1c(C2CCCN2Cc2cn(C)nn2)nc2ccccc2c1=O. The Labute approximate surface area is 157 Å². The number of hydrogen-bond acceptors (Lipinski definition) is 6. The molecule has 1 atom stereocenters. The molecule has 2 aromatic heterocycles. The Morgan fingerprint density at radius 1 is 1.30 bits per heavy atom. The van der Waals surface area contributed by atoms with Gasteiger partial charge in [-0.15, -0.1) is 5.10 Å². The number of aryl methyl sites for hydroxylation is 1. The largest absolute Gasteiger partial charge is 0.383 e. The first-order chi connectivity index (χ1) is 13.2. The van der Waals surface area contributed by atoms with Gasteiger partial charge in [-0.2, -0.15) is 0 Å². The maximum Gasteiger partial charge on any atom is 0.261 e. The van der Waals surface area contributed by atoms with Crippen molar-refractivity contribution < 1.29 is 4.74 Å². The standard InChI is InChI=1S/C19H24N6O2/c1-23-12-14(21-22-23)13-24-9-5-8-17(24)18-20-16-7-4-3-6-15(16)19(26)25(18)10-11-27-2/h3-4,6-7,12,17H,5,8-11,13H2,1-2H3. The van der Waals surface area contributed by atoms with E-state index in [0.29, 0.717) is 25.1 Å². The van der Waals surface area contributed by atoms with Crippen molar-refractivity contribution in [2.75, 3.05) is 20.3 Å². The van der Waals surface area contributed by atoms with Crippen molar-refractivity contribution in [3.05, 3.63) is 52.3 Å². The average Bonchev–Trinajstić information content (AvgIpc) is 3.30. The van der Waals surface area contributed by atoms with Gasteiger partial charge in [0.15, 0.2) is 0 Å². The number of aromatic nitrogens is 5. The first-order valence-electron chi connectivity index (χ1n) is 9.25. The van der Waals surface area contributed by atoms with Gasteiger partial charge in [0.05, 0.1) is 35.8 Å². The minimum Gasteiger partial charge on any atom is -0.383 e. The van der Waals surface area contributed by atoms with E-state index in [2.05, 4.69) is 15.2 Å². The van der Waals surface area contributed by atoms with Gasteiger partial charge in [-0.1, -0.05) is 17.3 Å². The number of para-hydroxylation sites is 1. The summed E-state index contributed by atoms with van der Waals surface area (Å²) in [5, 5.41) is 8.88. The summed E-state index contributed by atoms with van der Waals surface area (Å²) in [6.45, 7) is 2.63. The number of rotatable bonds is 6. The van der Waals surface area contributed by atoms with Gasteiger partial charge in [0.25, 0.3) is 5.56 Å². The molecule has 0 amide bonds. The van der Waals surface area contributed by atoms with Gasteiger partial charge >= 0.3 is 0 Å². The Kier molecular flexibility index (Phi) is 5.00. The van der Waals surface area contributed by atoms with Gasteiger partial charge in [-0.25, -0.2) is 4.98 Å². The van der Waals surface area contributed by atoms with Crippen molar-refractivity contribution in [3.63, 3.8) is 0 Å². The van der Waals surface area contributed by atoms with Gasteiger partial charge in [0.1, 0.15) is 5.82 Å². The van der Waals surface area contributed by atoms with Crippen molar-refractivity contribution in [1.82, 2.24) is 29.4 Å². The number of benzene rings is 1. The van der Waals surface area contributed by atoms with E-state index in [4.69, 9.17) is 9.72 Å². The smallest absolute Gasteiger partial charge is 0.261 e. The van der Waals surface area contributed by atoms with Crippen molar-refractivity contribution in [2.45, 2.75) is 32.0 Å². The van der Waals surface area contributed by atoms with E-state index in [1.807, 2.05) is 37.5 Å². The van der Waals surface area contributed by atoms with Crippen LogP contribution in [0, 0.1) is 0 Å². The summed E-state index contributed by atoms with van der Waals surface area (Å²) < 4.78 is 8.73. The molecule has 1 saturated heterocycles. The van der Waals surface area contributed by atoms with Crippen molar-refractivity contribution in [3.8, 4) is 0 Å². The zero-order valence-corrected chi connectivity index (χ0v) is 15.7. The number of nitrogens with zero attached hydrogens (tertiary/aromatic N) is 6. The third kappa shape index (κ3) is 3.50. The minimum atomic E-state index is -0.000923. The summed E-state index contributed by atoms with van der Waals surface area (Å²) in [5.74, 6) is 0.817. The van der Waals surface area contributed by atoms with Crippen LogP contribution in [-0.2, 0) is 24.9 Å². The molecule has 0 aliphatic carbocycles. The molecule has 0 N–H and O–H groups in total. The molecule has 1 fully saturated rings. The van der Waals surface area contributed by atoms with E-state index >= 15 is 0 Å². The van der Waals surface area contributed by atoms with E-state index in [0.717, 1.165) is 36.4 Å². The lowest BCUT2D eigenvalue weighted by atomic mass is 10.1. The lowest BCUT2D eigenvalue weighted by molar-refractivity contribution is 0.178. The molecular weight excluding hydrogens is 344 g/mol. The van der Waals surface area contributed by atoms with Crippen LogP contribution in [0.5, 0.6) is 0 Å². The lowest BCUT2D eigenvalue weighted by Gasteiger charge is -2.25. The van der Waals surface area contributed by atoms with Crippen molar-refractivity contribution in [2.24, 2.45) is 7.05 Å². The summed E-state index contributed by atoms with van der Waals surface area (Å²) in [5.41, 5.74) is 1.67. The van der Waals surface area contributed by atoms with Gasteiger partial charge < -0.3 is 4.74 Å². The topological polar surface area (TPSA) is 78.1 Å². The normalized spacial score (nSPS) is 17.8. The molecule has 8 nitrogen and oxygen atoms in total. The molecule has 0 spiro atoms. The first kappa shape index (κ1) is 17.8. The summed E-state index contributed by atoms with van der Waals surface area (Å²) in [6, 6.07) is 7.62. The summed E-state index contributed by atoms with van der Waals surface area (Å²) >= 11 is 0. The lowest BCUT2D eigenvalue weighted by Crippen LogP contribution is -2.33. The van der Waals surface area contributed by atoms with Crippen molar-refractivity contribution >= 4 is 10.9 Å². The van der Waals surface area contributed by atoms with Crippen LogP contribution in [0.25, 0.3) is 10.9 Å². The Hall–Kier alpha value is -2.58. The fraction of sp³-hybridized carbons (Fsp3) is 0.474. The molecule has 1 aliphatic rings. The number of fused-ring (bicyclic) bond motifs is 1. The minimum absolute atomic E-state index is 0.000923. The van der Waals surface area contributed by atoms with E-state index in [9.17, 15) is 4.79 Å². The monoisotopic (exact) mass is 368 g/mol. The molecule has 142 valence electrons. The Bertz CT molecular complexity index is 995. The van der Waals surface area contributed by atoms with Crippen LogP contribution in [0.2, 0.25) is 0 Å². The predicted octanol–water partition coefficient (Wildman–Crippen LogP) is 1.51. The maximum atomic E-state index is 13.1. The van der Waals surface area contributed by atoms with Gasteiger partial charge in [0, 0.05) is 26.9 Å². The molecule has 0 saturated carbocycles. The zero-order valence-electron chi connectivity index (χ0n) is 15.7. The number of methoxy groups -OCH3 is 1. The molecule has 3 aromatic rings. The Morgan fingerprint density at radius 2 is 2.15 bits per heavy atom. The summed E-state index contributed by atoms with van der Waals surface area (Å²) in [6.07, 6.45) is 3.97. The average molecular weight is 368 g/mol. The molecule has 1 aromatic carbocycles. The summed E-state index contributed by atoms with van der Waals surface area (Å²) in [7, 11) is 3.51. The third-order valence-electron chi connectivity index (χ3n) is 5.09. The highest BCUT2D eigenvalue weighted by Gasteiger charge is 2.30. The van der Waals surface area contributed by atoms with E-state index in [1.54, 1.807) is 16.4 Å². The second-order valence-electron chi connectivity index (χ2n) is 6.95. The van der Waals surface area contributed by atoms with Gasteiger partial charge in [-0.05, 0) is 31.5 Å². The first-order valence-corrected chi connectivity index (χ1v) is 9.25. The van der Waals surface area contributed by atoms with E-state index in [-0.39, 0.29) is 11.6 Å². The highest BCUT2D eigenvalue weighted by molar-refractivity contribution is 5.77. The second kappa shape index (κ2) is 7.58. The molecule has 0 radical (unpaired) electrons. The van der Waals surface area contributed by atoms with Crippen LogP contribution in [0.1, 0.15) is 30.4 Å². The highest BCUT2D eigenvalue weighted by atomic mass is 16.5. The van der Waals surface area contributed by atoms with Crippen LogP contribution >= 0.6 is 0 Å². The molecular formula is C19H24N6O2. The fourth-order valence-electron chi connectivity index (χ4n) is 3.82. The molecule has 4 rings (SSSR count). The van der Waals surface area contributed by atoms with E-state index in [1.165, 1.54) is 0 Å². The van der Waals surface area contributed by atoms with Gasteiger partial charge in [0.2, 0.25) is 0 Å². The molecule has 0 bridgehead atoms. The Balaban J connectivity index is 1.75. The molecule has 1 unspecified atom stereocenters. The Morgan fingerprint density at radius 3 is 2.93 bits per heavy atom. The van der Waals surface area contributed by atoms with Crippen LogP contribution in [0.15, 0.2) is 35.3 Å². The molecule has 27 heavy (non-hydrogen) atoms. The third-order valence-corrected chi connectivity index (χ3v) is 5.09. The quantitative estimate of drug-likeness (QED) is 0.656. The zero-order chi connectivity index (χ0) is 18.8. The number of ether oxygens (including phenoxy) is 1. The van der Waals surface area contributed by atoms with Crippen LogP contribution < -0.4 is 5.56 Å². The van der Waals surface area contributed by atoms with Gasteiger partial charge in [-0.3, -0.25) is 18.9 Å². The molecule has 1 aliphatic heterocycles. The number of hydrogen-bond donors (Lipinski definition) is 0. The van der Waals surface area contributed by atoms with Crippen LogP contribution in [0.3, 0.4) is 0 Å². The van der Waals surface area contributed by atoms with Crippen molar-refractivity contribution in [1.29, 1.82) is 0 Å². The number of likely N-dealkylation sites (tertiary alicyclic amines) is 1. The highest BCUT2D eigenvalue weighted by Crippen LogP contribution is 2.32. The van der Waals surface area contributed by atoms with E-state index < -0.39 is 0 Å². The fourth-order valence-corrected chi connectivity index (χ4v) is 3.82. The molecule has 8 heteroatoms. The van der Waals surface area contributed by atoms with Crippen LogP contribution in [-0.4, -0.2) is 49.7 Å². The summed E-state index contributed by atoms with van der Waals surface area (Å²) in [4.78, 5) is 20.3. The maximum absolute atomic E-state index is 13.1. The molecule has 3 heterocycles.